The standard InChI is InChI=1S/C32H31N5O3/c1-32(2,3)27-17-26(35(33-27)18-20-10-5-4-6-11-20)29(38)34-19-22-16-25(34)28-30(39)37(31(40)36(22)28)24-15-9-13-21-12-7-8-14-23(21)24/h4-15,17,22,25,28H,16,18-19H2,1-3H3. The molecule has 3 aliphatic heterocycles. The Hall–Kier alpha value is -4.46. The molecule has 3 atom stereocenters. The predicted octanol–water partition coefficient (Wildman–Crippen LogP) is 4.82. The van der Waals surface area contributed by atoms with E-state index < -0.39 is 6.04 Å². The molecule has 0 N–H and O–H groups in total. The highest BCUT2D eigenvalue weighted by Crippen LogP contribution is 2.44. The van der Waals surface area contributed by atoms with Crippen LogP contribution < -0.4 is 4.90 Å². The van der Waals surface area contributed by atoms with Crippen molar-refractivity contribution in [2.24, 2.45) is 0 Å². The Morgan fingerprint density at radius 1 is 0.950 bits per heavy atom. The number of imide groups is 1. The van der Waals surface area contributed by atoms with Crippen LogP contribution in [0.2, 0.25) is 0 Å². The van der Waals surface area contributed by atoms with Crippen LogP contribution in [0.4, 0.5) is 10.5 Å². The second-order valence-corrected chi connectivity index (χ2v) is 12.0. The van der Waals surface area contributed by atoms with Gasteiger partial charge in [-0.15, -0.1) is 0 Å². The zero-order valence-electron chi connectivity index (χ0n) is 22.8. The Balaban J connectivity index is 1.21. The molecule has 7 rings (SSSR count). The molecule has 0 radical (unpaired) electrons. The Kier molecular flexibility index (Phi) is 5.39. The molecular formula is C32H31N5O3. The number of amides is 4. The van der Waals surface area contributed by atoms with Crippen molar-refractivity contribution < 1.29 is 14.4 Å². The van der Waals surface area contributed by atoms with Crippen molar-refractivity contribution in [2.75, 3.05) is 11.4 Å². The van der Waals surface area contributed by atoms with Gasteiger partial charge in [-0.3, -0.25) is 14.3 Å². The maximum Gasteiger partial charge on any atom is 0.332 e. The van der Waals surface area contributed by atoms with E-state index >= 15 is 0 Å². The number of nitrogens with zero attached hydrogens (tertiary/aromatic N) is 5. The van der Waals surface area contributed by atoms with Gasteiger partial charge in [-0.25, -0.2) is 9.69 Å². The van der Waals surface area contributed by atoms with Gasteiger partial charge >= 0.3 is 6.03 Å². The van der Waals surface area contributed by atoms with Crippen LogP contribution in [-0.2, 0) is 16.8 Å². The smallest absolute Gasteiger partial charge is 0.330 e. The molecule has 8 nitrogen and oxygen atoms in total. The summed E-state index contributed by atoms with van der Waals surface area (Å²) in [6.07, 6.45) is 0.607. The lowest BCUT2D eigenvalue weighted by atomic mass is 9.92. The maximum atomic E-state index is 14.1. The lowest BCUT2D eigenvalue weighted by molar-refractivity contribution is -0.121. The van der Waals surface area contributed by atoms with Crippen LogP contribution in [0.5, 0.6) is 0 Å². The summed E-state index contributed by atoms with van der Waals surface area (Å²) in [5, 5.41) is 6.66. The number of hydrogen-bond donors (Lipinski definition) is 0. The molecule has 0 spiro atoms. The van der Waals surface area contributed by atoms with E-state index in [-0.39, 0.29) is 35.3 Å². The first-order valence-electron chi connectivity index (χ1n) is 13.8. The summed E-state index contributed by atoms with van der Waals surface area (Å²) < 4.78 is 1.78. The van der Waals surface area contributed by atoms with Gasteiger partial charge in [0.15, 0.2) is 0 Å². The molecule has 2 bridgehead atoms. The summed E-state index contributed by atoms with van der Waals surface area (Å²) in [5.41, 5.74) is 2.76. The number of hydrogen-bond acceptors (Lipinski definition) is 4. The van der Waals surface area contributed by atoms with E-state index in [1.807, 2.05) is 78.9 Å². The number of carbonyl (C=O) groups excluding carboxylic acids is 3. The number of anilines is 1. The van der Waals surface area contributed by atoms with Gasteiger partial charge in [-0.05, 0) is 29.5 Å². The molecular weight excluding hydrogens is 502 g/mol. The molecule has 0 aliphatic carbocycles. The second kappa shape index (κ2) is 8.78. The first-order valence-corrected chi connectivity index (χ1v) is 13.8. The Labute approximate surface area is 232 Å². The molecule has 4 amide bonds. The molecule has 4 aromatic rings. The van der Waals surface area contributed by atoms with E-state index in [0.29, 0.717) is 30.9 Å². The quantitative estimate of drug-likeness (QED) is 0.353. The topological polar surface area (TPSA) is 78.8 Å². The largest absolute Gasteiger partial charge is 0.332 e. The number of urea groups is 1. The molecule has 3 aromatic carbocycles. The molecule has 1 aromatic heterocycles. The van der Waals surface area contributed by atoms with Crippen molar-refractivity contribution in [1.82, 2.24) is 19.6 Å². The molecule has 8 heteroatoms. The molecule has 3 unspecified atom stereocenters. The first-order chi connectivity index (χ1) is 19.2. The van der Waals surface area contributed by atoms with E-state index in [1.165, 1.54) is 4.90 Å². The second-order valence-electron chi connectivity index (χ2n) is 12.0. The minimum Gasteiger partial charge on any atom is -0.330 e. The average molecular weight is 534 g/mol. The summed E-state index contributed by atoms with van der Waals surface area (Å²) in [6.45, 7) is 7.12. The molecule has 40 heavy (non-hydrogen) atoms. The number of likely N-dealkylation sites (tertiary alicyclic amines) is 1. The fourth-order valence-electron chi connectivity index (χ4n) is 6.50. The van der Waals surface area contributed by atoms with E-state index in [2.05, 4.69) is 20.8 Å². The van der Waals surface area contributed by atoms with Gasteiger partial charge in [0.1, 0.15) is 11.7 Å². The summed E-state index contributed by atoms with van der Waals surface area (Å²) in [5.74, 6) is -0.408. The molecule has 3 aliphatic rings. The molecule has 4 heterocycles. The minimum atomic E-state index is -0.679. The van der Waals surface area contributed by atoms with Crippen LogP contribution in [0.25, 0.3) is 10.8 Å². The van der Waals surface area contributed by atoms with Crippen molar-refractivity contribution in [2.45, 2.75) is 57.3 Å². The van der Waals surface area contributed by atoms with E-state index in [9.17, 15) is 14.4 Å². The third-order valence-corrected chi connectivity index (χ3v) is 8.48. The number of rotatable bonds is 4. The zero-order chi connectivity index (χ0) is 27.8. The van der Waals surface area contributed by atoms with Gasteiger partial charge < -0.3 is 9.80 Å². The van der Waals surface area contributed by atoms with E-state index in [1.54, 1.807) is 14.5 Å². The van der Waals surface area contributed by atoms with Crippen LogP contribution in [0.15, 0.2) is 78.9 Å². The molecule has 3 saturated heterocycles. The maximum absolute atomic E-state index is 14.1. The highest BCUT2D eigenvalue weighted by Gasteiger charge is 2.63. The van der Waals surface area contributed by atoms with Crippen LogP contribution in [-0.4, -0.2) is 62.1 Å². The van der Waals surface area contributed by atoms with Gasteiger partial charge in [0.25, 0.3) is 11.8 Å². The van der Waals surface area contributed by atoms with Crippen LogP contribution >= 0.6 is 0 Å². The molecule has 202 valence electrons. The van der Waals surface area contributed by atoms with E-state index in [0.717, 1.165) is 22.0 Å². The number of piperazine rings is 1. The van der Waals surface area contributed by atoms with Crippen LogP contribution in [0.1, 0.15) is 48.9 Å². The zero-order valence-corrected chi connectivity index (χ0v) is 22.8. The third-order valence-electron chi connectivity index (χ3n) is 8.48. The number of fused-ring (bicyclic) bond motifs is 6. The van der Waals surface area contributed by atoms with E-state index in [4.69, 9.17) is 5.10 Å². The first kappa shape index (κ1) is 24.6. The lowest BCUT2D eigenvalue weighted by Crippen LogP contribution is -2.55. The molecule has 3 fully saturated rings. The summed E-state index contributed by atoms with van der Waals surface area (Å²) in [7, 11) is 0. The van der Waals surface area contributed by atoms with Gasteiger partial charge in [-0.2, -0.15) is 5.10 Å². The van der Waals surface area contributed by atoms with Gasteiger partial charge in [0.2, 0.25) is 0 Å². The molecule has 0 saturated carbocycles. The van der Waals surface area contributed by atoms with Crippen molar-refractivity contribution in [3.63, 3.8) is 0 Å². The van der Waals surface area contributed by atoms with Crippen molar-refractivity contribution in [3.05, 3.63) is 95.8 Å². The summed E-state index contributed by atoms with van der Waals surface area (Å²) in [6, 6.07) is 23.7. The van der Waals surface area contributed by atoms with Crippen LogP contribution in [0, 0.1) is 0 Å². The fraction of sp³-hybridized carbons (Fsp3) is 0.312. The van der Waals surface area contributed by atoms with Crippen molar-refractivity contribution >= 4 is 34.3 Å². The summed E-state index contributed by atoms with van der Waals surface area (Å²) >= 11 is 0. The Bertz CT molecular complexity index is 1670. The average Bonchev–Trinajstić information content (AvgIpc) is 3.71. The predicted molar refractivity (Wildman–Crippen MR) is 152 cm³/mol. The number of benzene rings is 3. The highest BCUT2D eigenvalue weighted by molar-refractivity contribution is 6.25. The SMILES string of the molecule is CC(C)(C)c1cc(C(=O)N2CC3CC2C2C(=O)N(c4cccc5ccccc45)C(=O)N32)n(Cc2ccccc2)n1. The van der Waals surface area contributed by atoms with Crippen molar-refractivity contribution in [3.8, 4) is 0 Å². The minimum absolute atomic E-state index is 0.144. The highest BCUT2D eigenvalue weighted by atomic mass is 16.2. The Morgan fingerprint density at radius 2 is 1.68 bits per heavy atom. The Morgan fingerprint density at radius 3 is 2.45 bits per heavy atom. The van der Waals surface area contributed by atoms with Gasteiger partial charge in [-0.1, -0.05) is 87.5 Å². The summed E-state index contributed by atoms with van der Waals surface area (Å²) in [4.78, 5) is 46.5. The number of aromatic nitrogens is 2. The van der Waals surface area contributed by atoms with Crippen molar-refractivity contribution in [1.29, 1.82) is 0 Å². The van der Waals surface area contributed by atoms with Crippen LogP contribution in [0.3, 0.4) is 0 Å². The number of carbonyl (C=O) groups is 3. The van der Waals surface area contributed by atoms with Gasteiger partial charge in [0, 0.05) is 17.3 Å². The monoisotopic (exact) mass is 533 g/mol. The van der Waals surface area contributed by atoms with Gasteiger partial charge in [0.05, 0.1) is 30.0 Å². The fourth-order valence-corrected chi connectivity index (χ4v) is 6.50. The normalized spacial score (nSPS) is 22.1. The third kappa shape index (κ3) is 3.66. The lowest BCUT2D eigenvalue weighted by Gasteiger charge is -2.34.